The van der Waals surface area contributed by atoms with E-state index in [-0.39, 0.29) is 5.69 Å². The summed E-state index contributed by atoms with van der Waals surface area (Å²) >= 11 is 0. The number of anilines is 1. The molecule has 1 aromatic heterocycles. The second kappa shape index (κ2) is 3.01. The number of fused-ring (bicyclic) bond motifs is 1. The molecule has 0 unspecified atom stereocenters. The maximum Gasteiger partial charge on any atom is 0.358 e. The van der Waals surface area contributed by atoms with Gasteiger partial charge in [0.2, 0.25) is 0 Å². The zero-order valence-corrected chi connectivity index (χ0v) is 7.20. The van der Waals surface area contributed by atoms with Crippen molar-refractivity contribution in [3.8, 4) is 0 Å². The highest BCUT2D eigenvalue weighted by atomic mass is 16.5. The van der Waals surface area contributed by atoms with Gasteiger partial charge >= 0.3 is 5.97 Å². The summed E-state index contributed by atoms with van der Waals surface area (Å²) < 4.78 is 4.53. The normalized spacial score (nSPS) is 13.3. The van der Waals surface area contributed by atoms with Crippen molar-refractivity contribution in [1.82, 2.24) is 9.97 Å². The number of ether oxygens (including phenoxy) is 1. The molecule has 1 aliphatic heterocycles. The molecule has 0 aromatic carbocycles. The predicted octanol–water partition coefficient (Wildman–Crippen LogP) is 0.231. The summed E-state index contributed by atoms with van der Waals surface area (Å²) in [7, 11) is 1.33. The van der Waals surface area contributed by atoms with E-state index in [9.17, 15) is 4.79 Å². The fourth-order valence-electron chi connectivity index (χ4n) is 1.25. The lowest BCUT2D eigenvalue weighted by Gasteiger charge is -2.00. The minimum Gasteiger partial charge on any atom is -0.464 e. The van der Waals surface area contributed by atoms with Crippen LogP contribution in [0.25, 0.3) is 0 Å². The molecule has 13 heavy (non-hydrogen) atoms. The Morgan fingerprint density at radius 2 is 2.54 bits per heavy atom. The van der Waals surface area contributed by atoms with Gasteiger partial charge in [0.25, 0.3) is 0 Å². The molecular weight excluding hydrogens is 170 g/mol. The van der Waals surface area contributed by atoms with E-state index >= 15 is 0 Å². The van der Waals surface area contributed by atoms with Crippen LogP contribution in [0.3, 0.4) is 0 Å². The van der Waals surface area contributed by atoms with E-state index in [1.54, 1.807) is 0 Å². The van der Waals surface area contributed by atoms with Gasteiger partial charge in [0, 0.05) is 13.0 Å². The van der Waals surface area contributed by atoms with E-state index < -0.39 is 5.97 Å². The number of esters is 1. The molecule has 5 heteroatoms. The third-order valence-electron chi connectivity index (χ3n) is 1.89. The molecule has 1 aliphatic rings. The lowest BCUT2D eigenvalue weighted by atomic mass is 10.3. The molecule has 0 atom stereocenters. The van der Waals surface area contributed by atoms with Gasteiger partial charge in [0.05, 0.1) is 19.0 Å². The molecule has 0 amide bonds. The second-order valence-corrected chi connectivity index (χ2v) is 2.72. The van der Waals surface area contributed by atoms with Crippen LogP contribution in [-0.4, -0.2) is 29.6 Å². The molecule has 0 radical (unpaired) electrons. The third-order valence-corrected chi connectivity index (χ3v) is 1.89. The summed E-state index contributed by atoms with van der Waals surface area (Å²) in [5.74, 6) is 0.329. The second-order valence-electron chi connectivity index (χ2n) is 2.72. The lowest BCUT2D eigenvalue weighted by molar-refractivity contribution is 0.0593. The average molecular weight is 179 g/mol. The van der Waals surface area contributed by atoms with Crippen LogP contribution in [0.1, 0.15) is 16.2 Å². The summed E-state index contributed by atoms with van der Waals surface area (Å²) in [5, 5.41) is 3.06. The van der Waals surface area contributed by atoms with E-state index in [4.69, 9.17) is 0 Å². The summed E-state index contributed by atoms with van der Waals surface area (Å²) in [6.45, 7) is 0.833. The van der Waals surface area contributed by atoms with Crippen molar-refractivity contribution < 1.29 is 9.53 Å². The van der Waals surface area contributed by atoms with Crippen LogP contribution in [0.2, 0.25) is 0 Å². The molecular formula is C8H9N3O2. The molecule has 0 spiro atoms. The van der Waals surface area contributed by atoms with Crippen LogP contribution in [0.5, 0.6) is 0 Å². The Labute approximate surface area is 75.1 Å². The maximum absolute atomic E-state index is 11.1. The Morgan fingerprint density at radius 1 is 1.69 bits per heavy atom. The number of nitrogens with zero attached hydrogens (tertiary/aromatic N) is 2. The fourth-order valence-corrected chi connectivity index (χ4v) is 1.25. The van der Waals surface area contributed by atoms with Crippen molar-refractivity contribution in [1.29, 1.82) is 0 Å². The third kappa shape index (κ3) is 1.32. The minimum atomic E-state index is -0.442. The van der Waals surface area contributed by atoms with Crippen LogP contribution in [0, 0.1) is 0 Å². The molecule has 2 rings (SSSR count). The van der Waals surface area contributed by atoms with Gasteiger partial charge in [-0.25, -0.2) is 14.8 Å². The lowest BCUT2D eigenvalue weighted by Crippen LogP contribution is -2.06. The van der Waals surface area contributed by atoms with Gasteiger partial charge in [-0.05, 0) is 0 Å². The maximum atomic E-state index is 11.1. The van der Waals surface area contributed by atoms with Crippen LogP contribution in [-0.2, 0) is 11.2 Å². The van der Waals surface area contributed by atoms with Gasteiger partial charge < -0.3 is 10.1 Å². The van der Waals surface area contributed by atoms with Crippen molar-refractivity contribution in [2.24, 2.45) is 0 Å². The van der Waals surface area contributed by atoms with Crippen LogP contribution < -0.4 is 5.32 Å². The van der Waals surface area contributed by atoms with Gasteiger partial charge in [-0.15, -0.1) is 0 Å². The highest BCUT2D eigenvalue weighted by Gasteiger charge is 2.16. The molecule has 0 saturated carbocycles. The predicted molar refractivity (Wildman–Crippen MR) is 45.6 cm³/mol. The molecule has 68 valence electrons. The Hall–Kier alpha value is -1.65. The average Bonchev–Trinajstić information content (AvgIpc) is 2.63. The first kappa shape index (κ1) is 7.97. The Bertz CT molecular complexity index is 351. The molecule has 1 aromatic rings. The molecule has 0 fully saturated rings. The van der Waals surface area contributed by atoms with E-state index in [0.29, 0.717) is 0 Å². The molecule has 2 heterocycles. The standard InChI is InChI=1S/C8H9N3O2/c1-13-8(12)6-4-10-7-5(11-6)2-3-9-7/h4H,2-3H2,1H3,(H,9,10). The summed E-state index contributed by atoms with van der Waals surface area (Å²) in [6.07, 6.45) is 2.23. The summed E-state index contributed by atoms with van der Waals surface area (Å²) in [6, 6.07) is 0. The quantitative estimate of drug-likeness (QED) is 0.625. The van der Waals surface area contributed by atoms with E-state index in [2.05, 4.69) is 20.0 Å². The van der Waals surface area contributed by atoms with E-state index in [0.717, 1.165) is 24.5 Å². The summed E-state index contributed by atoms with van der Waals surface area (Å²) in [5.41, 5.74) is 1.10. The van der Waals surface area contributed by atoms with Crippen LogP contribution >= 0.6 is 0 Å². The number of carbonyl (C=O) groups is 1. The monoisotopic (exact) mass is 179 g/mol. The zero-order valence-electron chi connectivity index (χ0n) is 7.20. The van der Waals surface area contributed by atoms with E-state index in [1.807, 2.05) is 0 Å². The van der Waals surface area contributed by atoms with Gasteiger partial charge in [-0.3, -0.25) is 0 Å². The molecule has 0 bridgehead atoms. The van der Waals surface area contributed by atoms with Crippen molar-refractivity contribution >= 4 is 11.8 Å². The van der Waals surface area contributed by atoms with Crippen LogP contribution in [0.15, 0.2) is 6.20 Å². The number of nitrogens with one attached hydrogen (secondary N) is 1. The first-order valence-electron chi connectivity index (χ1n) is 3.99. The first-order valence-corrected chi connectivity index (χ1v) is 3.99. The smallest absolute Gasteiger partial charge is 0.358 e. The van der Waals surface area contributed by atoms with Crippen molar-refractivity contribution in [3.63, 3.8) is 0 Å². The molecule has 5 nitrogen and oxygen atoms in total. The van der Waals surface area contributed by atoms with Crippen LogP contribution in [0.4, 0.5) is 5.82 Å². The van der Waals surface area contributed by atoms with Gasteiger partial charge in [0.15, 0.2) is 5.69 Å². The highest BCUT2D eigenvalue weighted by molar-refractivity contribution is 5.87. The molecule has 0 aliphatic carbocycles. The van der Waals surface area contributed by atoms with Gasteiger partial charge in [-0.2, -0.15) is 0 Å². The SMILES string of the molecule is COC(=O)c1cnc2c(n1)CCN2. The van der Waals surface area contributed by atoms with Crippen molar-refractivity contribution in [2.45, 2.75) is 6.42 Å². The molecule has 1 N–H and O–H groups in total. The zero-order chi connectivity index (χ0) is 9.26. The van der Waals surface area contributed by atoms with Crippen molar-refractivity contribution in [2.75, 3.05) is 19.0 Å². The number of methoxy groups -OCH3 is 1. The number of rotatable bonds is 1. The fraction of sp³-hybridized carbons (Fsp3) is 0.375. The Balaban J connectivity index is 2.36. The van der Waals surface area contributed by atoms with E-state index in [1.165, 1.54) is 13.3 Å². The minimum absolute atomic E-state index is 0.268. The Kier molecular flexibility index (Phi) is 1.84. The first-order chi connectivity index (χ1) is 6.31. The largest absolute Gasteiger partial charge is 0.464 e. The molecule has 0 saturated heterocycles. The number of aromatic nitrogens is 2. The number of hydrogen-bond acceptors (Lipinski definition) is 5. The van der Waals surface area contributed by atoms with Gasteiger partial charge in [0.1, 0.15) is 5.82 Å². The number of carbonyl (C=O) groups excluding carboxylic acids is 1. The topological polar surface area (TPSA) is 64.1 Å². The number of hydrogen-bond donors (Lipinski definition) is 1. The van der Waals surface area contributed by atoms with Crippen molar-refractivity contribution in [3.05, 3.63) is 17.6 Å². The Morgan fingerprint density at radius 3 is 3.31 bits per heavy atom. The summed E-state index contributed by atoms with van der Waals surface area (Å²) in [4.78, 5) is 19.2. The van der Waals surface area contributed by atoms with Gasteiger partial charge in [-0.1, -0.05) is 0 Å². The highest BCUT2D eigenvalue weighted by Crippen LogP contribution is 2.16.